The third-order valence-electron chi connectivity index (χ3n) is 5.67. The number of aromatic amines is 1. The molecule has 0 unspecified atom stereocenters. The van der Waals surface area contributed by atoms with E-state index in [0.29, 0.717) is 0 Å². The van der Waals surface area contributed by atoms with Crippen LogP contribution in [-0.4, -0.2) is 45.4 Å². The lowest BCUT2D eigenvalue weighted by Gasteiger charge is -2.21. The standard InChI is InChI=1S/C24H25N5O4/c1-15(30)29-20(17-9-11-18(12-10-17)27(2)3)13-19(26-29)21-22(31)25-24(33)28(23(21)32)14-16-7-5-4-6-8-16/h4-12,20,32H,13-14H2,1-3H3,(H,25,31,33)/t20-/m0/s1. The Hall–Kier alpha value is -4.14. The van der Waals surface area contributed by atoms with Crippen LogP contribution in [0, 0.1) is 0 Å². The molecule has 170 valence electrons. The molecule has 0 spiro atoms. The van der Waals surface area contributed by atoms with E-state index in [2.05, 4.69) is 10.1 Å². The Morgan fingerprint density at radius 3 is 2.39 bits per heavy atom. The summed E-state index contributed by atoms with van der Waals surface area (Å²) in [5, 5.41) is 16.6. The number of hydrogen-bond donors (Lipinski definition) is 2. The Bertz CT molecular complexity index is 1320. The number of benzene rings is 2. The van der Waals surface area contributed by atoms with Gasteiger partial charge in [-0.3, -0.25) is 19.1 Å². The molecule has 1 atom stereocenters. The Kier molecular flexibility index (Phi) is 5.87. The minimum Gasteiger partial charge on any atom is -0.494 e. The van der Waals surface area contributed by atoms with Gasteiger partial charge in [-0.2, -0.15) is 5.10 Å². The van der Waals surface area contributed by atoms with Gasteiger partial charge in [0.15, 0.2) is 0 Å². The van der Waals surface area contributed by atoms with Crippen LogP contribution < -0.4 is 16.1 Å². The van der Waals surface area contributed by atoms with E-state index in [0.717, 1.165) is 21.4 Å². The van der Waals surface area contributed by atoms with Crippen molar-refractivity contribution < 1.29 is 9.90 Å². The molecule has 0 saturated heterocycles. The average molecular weight is 447 g/mol. The van der Waals surface area contributed by atoms with Gasteiger partial charge in [-0.05, 0) is 23.3 Å². The van der Waals surface area contributed by atoms with Crippen molar-refractivity contribution in [3.63, 3.8) is 0 Å². The molecule has 4 rings (SSSR count). The quantitative estimate of drug-likeness (QED) is 0.622. The zero-order valence-corrected chi connectivity index (χ0v) is 18.6. The molecule has 3 aromatic rings. The molecule has 1 aromatic heterocycles. The van der Waals surface area contributed by atoms with E-state index in [1.54, 1.807) is 0 Å². The Labute approximate surface area is 190 Å². The minimum atomic E-state index is -0.743. The molecule has 2 heterocycles. The van der Waals surface area contributed by atoms with E-state index in [9.17, 15) is 19.5 Å². The zero-order valence-electron chi connectivity index (χ0n) is 18.6. The molecule has 9 nitrogen and oxygen atoms in total. The summed E-state index contributed by atoms with van der Waals surface area (Å²) in [5.74, 6) is -0.765. The number of carbonyl (C=O) groups is 1. The SMILES string of the molecule is CC(=O)N1N=C(c2c(O)n(Cc3ccccc3)c(=O)[nH]c2=O)C[C@H]1c1ccc(N(C)C)cc1. The van der Waals surface area contributed by atoms with Gasteiger partial charge in [0.2, 0.25) is 11.8 Å². The number of hydrogen-bond acceptors (Lipinski definition) is 6. The third kappa shape index (κ3) is 4.30. The van der Waals surface area contributed by atoms with Crippen LogP contribution in [0.15, 0.2) is 69.3 Å². The molecule has 2 N–H and O–H groups in total. The highest BCUT2D eigenvalue weighted by Crippen LogP contribution is 2.34. The van der Waals surface area contributed by atoms with Crippen LogP contribution in [0.3, 0.4) is 0 Å². The summed E-state index contributed by atoms with van der Waals surface area (Å²) in [6, 6.07) is 16.4. The summed E-state index contributed by atoms with van der Waals surface area (Å²) < 4.78 is 1.09. The van der Waals surface area contributed by atoms with Crippen molar-refractivity contribution in [3.05, 3.63) is 92.1 Å². The molecule has 1 amide bonds. The second kappa shape index (κ2) is 8.78. The van der Waals surface area contributed by atoms with Gasteiger partial charge in [0, 0.05) is 33.1 Å². The van der Waals surface area contributed by atoms with Gasteiger partial charge in [-0.25, -0.2) is 9.80 Å². The molecule has 9 heteroatoms. The molecule has 1 aliphatic rings. The average Bonchev–Trinajstić information content (AvgIpc) is 3.22. The number of rotatable bonds is 5. The van der Waals surface area contributed by atoms with E-state index in [-0.39, 0.29) is 30.1 Å². The van der Waals surface area contributed by atoms with E-state index in [4.69, 9.17) is 0 Å². The first-order valence-electron chi connectivity index (χ1n) is 10.5. The van der Waals surface area contributed by atoms with E-state index >= 15 is 0 Å². The Morgan fingerprint density at radius 2 is 1.79 bits per heavy atom. The number of amides is 1. The first-order valence-corrected chi connectivity index (χ1v) is 10.5. The minimum absolute atomic E-state index is 0.0778. The zero-order chi connectivity index (χ0) is 23.7. The van der Waals surface area contributed by atoms with Crippen LogP contribution in [0.1, 0.15) is 36.1 Å². The molecule has 0 aliphatic carbocycles. The summed E-state index contributed by atoms with van der Waals surface area (Å²) in [6.45, 7) is 1.47. The monoisotopic (exact) mass is 447 g/mol. The lowest BCUT2D eigenvalue weighted by atomic mass is 9.99. The van der Waals surface area contributed by atoms with Crippen molar-refractivity contribution in [1.29, 1.82) is 0 Å². The largest absolute Gasteiger partial charge is 0.494 e. The second-order valence-corrected chi connectivity index (χ2v) is 8.15. The molecule has 1 aliphatic heterocycles. The molecule has 33 heavy (non-hydrogen) atoms. The number of aromatic nitrogens is 2. The second-order valence-electron chi connectivity index (χ2n) is 8.15. The maximum Gasteiger partial charge on any atom is 0.331 e. The lowest BCUT2D eigenvalue weighted by molar-refractivity contribution is -0.130. The topological polar surface area (TPSA) is 111 Å². The molecule has 2 aromatic carbocycles. The van der Waals surface area contributed by atoms with Gasteiger partial charge in [0.1, 0.15) is 5.56 Å². The van der Waals surface area contributed by atoms with Gasteiger partial charge >= 0.3 is 5.69 Å². The first kappa shape index (κ1) is 22.1. The molecular weight excluding hydrogens is 422 g/mol. The number of H-pyrrole nitrogens is 1. The van der Waals surface area contributed by atoms with E-state index in [1.807, 2.05) is 73.6 Å². The fourth-order valence-corrected chi connectivity index (χ4v) is 3.94. The van der Waals surface area contributed by atoms with Gasteiger partial charge in [0.25, 0.3) is 5.56 Å². The third-order valence-corrected chi connectivity index (χ3v) is 5.67. The number of nitrogens with zero attached hydrogens (tertiary/aromatic N) is 4. The molecule has 0 radical (unpaired) electrons. The lowest BCUT2D eigenvalue weighted by Crippen LogP contribution is -2.34. The first-order chi connectivity index (χ1) is 15.8. The van der Waals surface area contributed by atoms with Gasteiger partial charge in [-0.15, -0.1) is 0 Å². The highest BCUT2D eigenvalue weighted by Gasteiger charge is 2.34. The van der Waals surface area contributed by atoms with Gasteiger partial charge in [0.05, 0.1) is 18.3 Å². The highest BCUT2D eigenvalue weighted by atomic mass is 16.3. The van der Waals surface area contributed by atoms with Crippen molar-refractivity contribution in [3.8, 4) is 5.88 Å². The van der Waals surface area contributed by atoms with Crippen molar-refractivity contribution >= 4 is 17.3 Å². The number of anilines is 1. The van der Waals surface area contributed by atoms with Crippen LogP contribution >= 0.6 is 0 Å². The maximum atomic E-state index is 12.7. The van der Waals surface area contributed by atoms with Crippen molar-refractivity contribution in [2.75, 3.05) is 19.0 Å². The predicted octanol–water partition coefficient (Wildman–Crippen LogP) is 2.05. The number of aromatic hydroxyl groups is 1. The van der Waals surface area contributed by atoms with Crippen LogP contribution in [0.5, 0.6) is 5.88 Å². The molecular formula is C24H25N5O4. The smallest absolute Gasteiger partial charge is 0.331 e. The molecule has 0 bridgehead atoms. The summed E-state index contributed by atoms with van der Waals surface area (Å²) >= 11 is 0. The number of carbonyl (C=O) groups excluding carboxylic acids is 1. The fraction of sp³-hybridized carbons (Fsp3) is 0.250. The van der Waals surface area contributed by atoms with Crippen LogP contribution in [0.25, 0.3) is 0 Å². The predicted molar refractivity (Wildman–Crippen MR) is 126 cm³/mol. The number of nitrogens with one attached hydrogen (secondary N) is 1. The summed E-state index contributed by atoms with van der Waals surface area (Å²) in [4.78, 5) is 41.6. The van der Waals surface area contributed by atoms with Gasteiger partial charge in [-0.1, -0.05) is 42.5 Å². The maximum absolute atomic E-state index is 12.7. The van der Waals surface area contributed by atoms with Crippen LogP contribution in [0.4, 0.5) is 5.69 Å². The Balaban J connectivity index is 1.73. The van der Waals surface area contributed by atoms with Crippen molar-refractivity contribution in [2.45, 2.75) is 25.9 Å². The van der Waals surface area contributed by atoms with Gasteiger partial charge < -0.3 is 10.0 Å². The van der Waals surface area contributed by atoms with E-state index in [1.165, 1.54) is 11.9 Å². The summed E-state index contributed by atoms with van der Waals surface area (Å²) in [6.07, 6.45) is 0.223. The summed E-state index contributed by atoms with van der Waals surface area (Å²) in [7, 11) is 3.88. The molecule has 0 saturated carbocycles. The fourth-order valence-electron chi connectivity index (χ4n) is 3.94. The molecule has 0 fully saturated rings. The van der Waals surface area contributed by atoms with Crippen LogP contribution in [0.2, 0.25) is 0 Å². The van der Waals surface area contributed by atoms with Crippen LogP contribution in [-0.2, 0) is 11.3 Å². The van der Waals surface area contributed by atoms with E-state index < -0.39 is 23.2 Å². The highest BCUT2D eigenvalue weighted by molar-refractivity contribution is 6.04. The summed E-state index contributed by atoms with van der Waals surface area (Å²) in [5.41, 5.74) is 1.31. The van der Waals surface area contributed by atoms with Crippen molar-refractivity contribution in [2.24, 2.45) is 5.10 Å². The number of hydrazone groups is 1. The van der Waals surface area contributed by atoms with Crippen molar-refractivity contribution in [1.82, 2.24) is 14.6 Å². The Morgan fingerprint density at radius 1 is 1.12 bits per heavy atom. The normalized spacial score (nSPS) is 15.4.